The molecule has 0 saturated carbocycles. The van der Waals surface area contributed by atoms with Crippen LogP contribution in [0.4, 0.5) is 5.69 Å². The van der Waals surface area contributed by atoms with Crippen molar-refractivity contribution in [2.24, 2.45) is 0 Å². The van der Waals surface area contributed by atoms with Gasteiger partial charge in [0.25, 0.3) is 0 Å². The van der Waals surface area contributed by atoms with E-state index in [0.29, 0.717) is 0 Å². The highest BCUT2D eigenvalue weighted by atomic mass is 32.2. The number of para-hydroxylation sites is 1. The molecular formula is C17H23NO3S. The number of amides is 1. The standard InChI is InChI=1S/C17H23NO3S/c1-11-9-10-14-7-5-6-8-15(14)18(11)16(19)12(2)22-13(3)17(20)21-4/h5-8,11-13H,9-10H2,1-4H3. The molecule has 5 heteroatoms. The van der Waals surface area contributed by atoms with Crippen LogP contribution in [0, 0.1) is 0 Å². The number of benzene rings is 1. The number of hydrogen-bond acceptors (Lipinski definition) is 4. The molecule has 0 aromatic heterocycles. The molecule has 22 heavy (non-hydrogen) atoms. The predicted molar refractivity (Wildman–Crippen MR) is 90.2 cm³/mol. The SMILES string of the molecule is COC(=O)C(C)SC(C)C(=O)N1c2ccccc2CCC1C. The lowest BCUT2D eigenvalue weighted by molar-refractivity contribution is -0.139. The molecule has 1 amide bonds. The summed E-state index contributed by atoms with van der Waals surface area (Å²) in [7, 11) is 1.37. The fourth-order valence-corrected chi connectivity index (χ4v) is 3.86. The summed E-state index contributed by atoms with van der Waals surface area (Å²) in [6.07, 6.45) is 1.97. The van der Waals surface area contributed by atoms with Crippen molar-refractivity contribution in [1.29, 1.82) is 0 Å². The highest BCUT2D eigenvalue weighted by Gasteiger charge is 2.32. The number of fused-ring (bicyclic) bond motifs is 1. The lowest BCUT2D eigenvalue weighted by Crippen LogP contribution is -2.46. The summed E-state index contributed by atoms with van der Waals surface area (Å²) in [5, 5.41) is -0.637. The fourth-order valence-electron chi connectivity index (χ4n) is 2.81. The topological polar surface area (TPSA) is 46.6 Å². The first-order valence-corrected chi connectivity index (χ1v) is 8.54. The van der Waals surface area contributed by atoms with Crippen molar-refractivity contribution in [3.63, 3.8) is 0 Å². The maximum Gasteiger partial charge on any atom is 0.318 e. The summed E-state index contributed by atoms with van der Waals surface area (Å²) in [6, 6.07) is 8.24. The lowest BCUT2D eigenvalue weighted by Gasteiger charge is -2.37. The summed E-state index contributed by atoms with van der Waals surface area (Å²) in [6.45, 7) is 5.71. The summed E-state index contributed by atoms with van der Waals surface area (Å²) >= 11 is 1.34. The number of carbonyl (C=O) groups excluding carboxylic acids is 2. The van der Waals surface area contributed by atoms with Crippen molar-refractivity contribution in [2.75, 3.05) is 12.0 Å². The Hall–Kier alpha value is -1.49. The maximum absolute atomic E-state index is 12.9. The molecule has 1 aliphatic heterocycles. The Kier molecular flexibility index (Phi) is 5.51. The summed E-state index contributed by atoms with van der Waals surface area (Å²) < 4.78 is 4.73. The number of anilines is 1. The van der Waals surface area contributed by atoms with E-state index in [1.54, 1.807) is 6.92 Å². The van der Waals surface area contributed by atoms with E-state index in [1.807, 2.05) is 30.0 Å². The van der Waals surface area contributed by atoms with E-state index >= 15 is 0 Å². The van der Waals surface area contributed by atoms with Crippen LogP contribution in [0.2, 0.25) is 0 Å². The summed E-state index contributed by atoms with van der Waals surface area (Å²) in [5.74, 6) is -0.239. The number of esters is 1. The fraction of sp³-hybridized carbons (Fsp3) is 0.529. The molecule has 0 saturated heterocycles. The molecule has 0 aliphatic carbocycles. The van der Waals surface area contributed by atoms with Crippen LogP contribution in [0.1, 0.15) is 32.8 Å². The quantitative estimate of drug-likeness (QED) is 0.800. The van der Waals surface area contributed by atoms with Gasteiger partial charge in [0.2, 0.25) is 5.91 Å². The summed E-state index contributed by atoms with van der Waals surface area (Å²) in [5.41, 5.74) is 2.22. The van der Waals surface area contributed by atoms with Gasteiger partial charge >= 0.3 is 5.97 Å². The Labute approximate surface area is 136 Å². The normalized spacial score (nSPS) is 20.0. The van der Waals surface area contributed by atoms with Crippen LogP contribution in [0.25, 0.3) is 0 Å². The number of nitrogens with zero attached hydrogens (tertiary/aromatic N) is 1. The largest absolute Gasteiger partial charge is 0.468 e. The van der Waals surface area contributed by atoms with Crippen LogP contribution in [0.15, 0.2) is 24.3 Å². The first kappa shape index (κ1) is 16.9. The van der Waals surface area contributed by atoms with Gasteiger partial charge in [-0.3, -0.25) is 9.59 Å². The molecule has 2 rings (SSSR count). The molecule has 1 heterocycles. The third-order valence-corrected chi connectivity index (χ3v) is 5.26. The van der Waals surface area contributed by atoms with Gasteiger partial charge in [-0.25, -0.2) is 0 Å². The molecule has 1 aromatic carbocycles. The van der Waals surface area contributed by atoms with Gasteiger partial charge in [0.15, 0.2) is 0 Å². The summed E-state index contributed by atoms with van der Waals surface area (Å²) in [4.78, 5) is 26.3. The van der Waals surface area contributed by atoms with Crippen molar-refractivity contribution >= 4 is 29.3 Å². The molecule has 0 radical (unpaired) electrons. The molecule has 3 unspecified atom stereocenters. The van der Waals surface area contributed by atoms with Crippen molar-refractivity contribution < 1.29 is 14.3 Å². The highest BCUT2D eigenvalue weighted by Crippen LogP contribution is 2.33. The van der Waals surface area contributed by atoms with E-state index in [4.69, 9.17) is 4.74 Å². The number of hydrogen-bond donors (Lipinski definition) is 0. The van der Waals surface area contributed by atoms with Crippen molar-refractivity contribution in [3.8, 4) is 0 Å². The van der Waals surface area contributed by atoms with Crippen LogP contribution < -0.4 is 4.90 Å². The van der Waals surface area contributed by atoms with E-state index in [0.717, 1.165) is 18.5 Å². The van der Waals surface area contributed by atoms with E-state index in [1.165, 1.54) is 24.4 Å². The highest BCUT2D eigenvalue weighted by molar-refractivity contribution is 8.01. The van der Waals surface area contributed by atoms with Crippen molar-refractivity contribution in [1.82, 2.24) is 0 Å². The van der Waals surface area contributed by atoms with Crippen LogP contribution >= 0.6 is 11.8 Å². The predicted octanol–water partition coefficient (Wildman–Crippen LogP) is 3.04. The molecule has 0 bridgehead atoms. The molecule has 3 atom stereocenters. The second-order valence-electron chi connectivity index (χ2n) is 5.67. The minimum atomic E-state index is -0.348. The third-order valence-electron chi connectivity index (χ3n) is 4.05. The van der Waals surface area contributed by atoms with E-state index in [2.05, 4.69) is 13.0 Å². The van der Waals surface area contributed by atoms with E-state index < -0.39 is 0 Å². The average molecular weight is 321 g/mol. The Bertz CT molecular complexity index is 561. The zero-order valence-corrected chi connectivity index (χ0v) is 14.4. The number of carbonyl (C=O) groups is 2. The number of aryl methyl sites for hydroxylation is 1. The number of methoxy groups -OCH3 is 1. The first-order valence-electron chi connectivity index (χ1n) is 7.60. The second kappa shape index (κ2) is 7.18. The van der Waals surface area contributed by atoms with Gasteiger partial charge < -0.3 is 9.64 Å². The smallest absolute Gasteiger partial charge is 0.318 e. The molecule has 0 spiro atoms. The lowest BCUT2D eigenvalue weighted by atomic mass is 9.96. The first-order chi connectivity index (χ1) is 10.5. The van der Waals surface area contributed by atoms with Gasteiger partial charge in [-0.1, -0.05) is 18.2 Å². The molecule has 1 aliphatic rings. The van der Waals surface area contributed by atoms with E-state index in [9.17, 15) is 9.59 Å². The van der Waals surface area contributed by atoms with Gasteiger partial charge in [-0.2, -0.15) is 0 Å². The number of thioether (sulfide) groups is 1. The van der Waals surface area contributed by atoms with Crippen LogP contribution in [0.3, 0.4) is 0 Å². The van der Waals surface area contributed by atoms with Gasteiger partial charge in [0.05, 0.1) is 12.4 Å². The maximum atomic E-state index is 12.9. The van der Waals surface area contributed by atoms with Crippen molar-refractivity contribution in [2.45, 2.75) is 50.2 Å². The van der Waals surface area contributed by atoms with E-state index in [-0.39, 0.29) is 28.4 Å². The third kappa shape index (κ3) is 3.46. The molecule has 1 aromatic rings. The average Bonchev–Trinajstić information content (AvgIpc) is 2.53. The van der Waals surface area contributed by atoms with Gasteiger partial charge in [-0.05, 0) is 45.2 Å². The molecular weight excluding hydrogens is 298 g/mol. The van der Waals surface area contributed by atoms with Crippen molar-refractivity contribution in [3.05, 3.63) is 29.8 Å². The van der Waals surface area contributed by atoms with Crippen LogP contribution in [-0.4, -0.2) is 35.5 Å². The minimum Gasteiger partial charge on any atom is -0.468 e. The molecule has 4 nitrogen and oxygen atoms in total. The van der Waals surface area contributed by atoms with Gasteiger partial charge in [0, 0.05) is 11.7 Å². The van der Waals surface area contributed by atoms with Crippen LogP contribution in [-0.2, 0) is 20.7 Å². The number of ether oxygens (including phenoxy) is 1. The molecule has 120 valence electrons. The molecule has 0 N–H and O–H groups in total. The zero-order valence-electron chi connectivity index (χ0n) is 13.5. The Morgan fingerprint density at radius 1 is 1.27 bits per heavy atom. The number of rotatable bonds is 4. The monoisotopic (exact) mass is 321 g/mol. The van der Waals surface area contributed by atoms with Crippen LogP contribution in [0.5, 0.6) is 0 Å². The van der Waals surface area contributed by atoms with Gasteiger partial charge in [0.1, 0.15) is 5.25 Å². The Balaban J connectivity index is 2.16. The minimum absolute atomic E-state index is 0.0559. The molecule has 0 fully saturated rings. The Morgan fingerprint density at radius 3 is 2.64 bits per heavy atom. The van der Waals surface area contributed by atoms with Gasteiger partial charge in [-0.15, -0.1) is 11.8 Å². The zero-order chi connectivity index (χ0) is 16.3. The Morgan fingerprint density at radius 2 is 1.95 bits per heavy atom. The second-order valence-corrected chi connectivity index (χ2v) is 7.35.